The van der Waals surface area contributed by atoms with Crippen LogP contribution in [0.2, 0.25) is 0 Å². The largest absolute Gasteiger partial charge is 0.345 e. The van der Waals surface area contributed by atoms with Crippen LogP contribution in [0.4, 0.5) is 0 Å². The van der Waals surface area contributed by atoms with Crippen LogP contribution in [-0.4, -0.2) is 27.5 Å². The number of aryl methyl sites for hydroxylation is 1. The van der Waals surface area contributed by atoms with Gasteiger partial charge in [0.1, 0.15) is 5.82 Å². The lowest BCUT2D eigenvalue weighted by Gasteiger charge is -2.11. The molecule has 2 rings (SSSR count). The normalized spacial score (nSPS) is 26.0. The summed E-state index contributed by atoms with van der Waals surface area (Å²) >= 11 is 2.00. The summed E-state index contributed by atoms with van der Waals surface area (Å²) in [5, 5.41) is 4.46. The molecule has 1 aromatic heterocycles. The minimum atomic E-state index is 0.700. The van der Waals surface area contributed by atoms with Crippen LogP contribution in [0, 0.1) is 6.92 Å². The van der Waals surface area contributed by atoms with Gasteiger partial charge in [0, 0.05) is 29.7 Å². The number of imidazole rings is 1. The van der Waals surface area contributed by atoms with Crippen LogP contribution < -0.4 is 5.32 Å². The maximum atomic E-state index is 4.19. The molecular weight excluding hydrogens is 206 g/mol. The predicted octanol–water partition coefficient (Wildman–Crippen LogP) is 2.09. The van der Waals surface area contributed by atoms with Gasteiger partial charge in [-0.05, 0) is 32.4 Å². The Labute approximate surface area is 95.4 Å². The number of rotatable bonds is 4. The average molecular weight is 225 g/mol. The van der Waals surface area contributed by atoms with E-state index >= 15 is 0 Å². The zero-order valence-corrected chi connectivity index (χ0v) is 10.2. The molecule has 0 amide bonds. The van der Waals surface area contributed by atoms with Crippen LogP contribution in [0.3, 0.4) is 0 Å². The Morgan fingerprint density at radius 3 is 3.07 bits per heavy atom. The predicted molar refractivity (Wildman–Crippen MR) is 65.1 cm³/mol. The van der Waals surface area contributed by atoms with Crippen molar-refractivity contribution in [3.63, 3.8) is 0 Å². The fourth-order valence-electron chi connectivity index (χ4n) is 2.16. The highest BCUT2D eigenvalue weighted by Crippen LogP contribution is 2.28. The first kappa shape index (κ1) is 11.0. The highest BCUT2D eigenvalue weighted by Gasteiger charge is 2.23. The van der Waals surface area contributed by atoms with E-state index in [2.05, 4.69) is 21.5 Å². The Hall–Kier alpha value is -0.480. The summed E-state index contributed by atoms with van der Waals surface area (Å²) in [6, 6.07) is 0.700. The first-order chi connectivity index (χ1) is 7.28. The highest BCUT2D eigenvalue weighted by molar-refractivity contribution is 7.99. The summed E-state index contributed by atoms with van der Waals surface area (Å²) in [7, 11) is 0. The van der Waals surface area contributed by atoms with E-state index in [0.717, 1.165) is 17.6 Å². The maximum absolute atomic E-state index is 4.19. The van der Waals surface area contributed by atoms with Gasteiger partial charge in [-0.1, -0.05) is 0 Å². The van der Waals surface area contributed by atoms with E-state index in [1.807, 2.05) is 24.9 Å². The van der Waals surface area contributed by atoms with Crippen LogP contribution in [0.15, 0.2) is 6.20 Å². The van der Waals surface area contributed by atoms with Gasteiger partial charge in [0.2, 0.25) is 0 Å². The smallest absolute Gasteiger partial charge is 0.103 e. The summed E-state index contributed by atoms with van der Waals surface area (Å²) in [6.07, 6.45) is 8.13. The fraction of sp³-hybridized carbons (Fsp3) is 0.727. The summed E-state index contributed by atoms with van der Waals surface area (Å²) in [5.41, 5.74) is 1.19. The third-order valence-electron chi connectivity index (χ3n) is 3.05. The van der Waals surface area contributed by atoms with E-state index in [1.165, 1.54) is 25.0 Å². The molecule has 1 aliphatic rings. The van der Waals surface area contributed by atoms with Crippen molar-refractivity contribution in [3.8, 4) is 0 Å². The molecule has 2 atom stereocenters. The molecule has 2 unspecified atom stereocenters. The molecule has 84 valence electrons. The van der Waals surface area contributed by atoms with Gasteiger partial charge in [-0.15, -0.1) is 0 Å². The van der Waals surface area contributed by atoms with Gasteiger partial charge in [-0.25, -0.2) is 4.98 Å². The lowest BCUT2D eigenvalue weighted by Crippen LogP contribution is -2.26. The van der Waals surface area contributed by atoms with Crippen molar-refractivity contribution >= 4 is 11.8 Å². The second-order valence-corrected chi connectivity index (χ2v) is 5.38. The second kappa shape index (κ2) is 5.03. The van der Waals surface area contributed by atoms with Gasteiger partial charge in [0.25, 0.3) is 0 Å². The lowest BCUT2D eigenvalue weighted by molar-refractivity contribution is 0.521. The lowest BCUT2D eigenvalue weighted by atomic mass is 10.2. The summed E-state index contributed by atoms with van der Waals surface area (Å²) < 4.78 is 0. The molecule has 1 saturated carbocycles. The van der Waals surface area contributed by atoms with Crippen molar-refractivity contribution in [3.05, 3.63) is 17.7 Å². The average Bonchev–Trinajstić information content (AvgIpc) is 2.83. The number of aromatic nitrogens is 2. The first-order valence-corrected chi connectivity index (χ1v) is 6.83. The number of H-pyrrole nitrogens is 1. The molecule has 1 aliphatic carbocycles. The van der Waals surface area contributed by atoms with Gasteiger partial charge in [0.15, 0.2) is 0 Å². The Bertz CT molecular complexity index is 311. The van der Waals surface area contributed by atoms with Crippen molar-refractivity contribution in [2.75, 3.05) is 6.26 Å². The number of aromatic amines is 1. The van der Waals surface area contributed by atoms with Gasteiger partial charge >= 0.3 is 0 Å². The third-order valence-corrected chi connectivity index (χ3v) is 4.15. The molecular formula is C11H19N3S. The van der Waals surface area contributed by atoms with Crippen molar-refractivity contribution in [2.45, 2.75) is 44.0 Å². The SMILES string of the molecule is CSC1CCC(NCc2cnc(C)[nH]2)C1. The highest BCUT2D eigenvalue weighted by atomic mass is 32.2. The molecule has 15 heavy (non-hydrogen) atoms. The van der Waals surface area contributed by atoms with Gasteiger partial charge < -0.3 is 10.3 Å². The van der Waals surface area contributed by atoms with Crippen molar-refractivity contribution < 1.29 is 0 Å². The van der Waals surface area contributed by atoms with Crippen molar-refractivity contribution in [2.24, 2.45) is 0 Å². The Balaban J connectivity index is 1.75. The first-order valence-electron chi connectivity index (χ1n) is 5.54. The maximum Gasteiger partial charge on any atom is 0.103 e. The molecule has 0 spiro atoms. The Morgan fingerprint density at radius 2 is 2.47 bits per heavy atom. The van der Waals surface area contributed by atoms with Gasteiger partial charge in [-0.2, -0.15) is 11.8 Å². The third kappa shape index (κ3) is 2.98. The molecule has 1 fully saturated rings. The van der Waals surface area contributed by atoms with E-state index in [0.29, 0.717) is 6.04 Å². The van der Waals surface area contributed by atoms with Crippen LogP contribution in [0.1, 0.15) is 30.8 Å². The van der Waals surface area contributed by atoms with Crippen LogP contribution >= 0.6 is 11.8 Å². The molecule has 2 N–H and O–H groups in total. The van der Waals surface area contributed by atoms with Crippen LogP contribution in [0.5, 0.6) is 0 Å². The molecule has 0 saturated heterocycles. The monoisotopic (exact) mass is 225 g/mol. The van der Waals surface area contributed by atoms with Crippen molar-refractivity contribution in [1.82, 2.24) is 15.3 Å². The van der Waals surface area contributed by atoms with E-state index in [1.54, 1.807) is 0 Å². The molecule has 3 nitrogen and oxygen atoms in total. The topological polar surface area (TPSA) is 40.7 Å². The number of hydrogen-bond donors (Lipinski definition) is 2. The van der Waals surface area contributed by atoms with Gasteiger partial charge in [0.05, 0.1) is 0 Å². The zero-order valence-electron chi connectivity index (χ0n) is 9.42. The summed E-state index contributed by atoms with van der Waals surface area (Å²) in [5.74, 6) is 1.00. The van der Waals surface area contributed by atoms with E-state index in [4.69, 9.17) is 0 Å². The molecule has 0 radical (unpaired) electrons. The minimum Gasteiger partial charge on any atom is -0.345 e. The summed E-state index contributed by atoms with van der Waals surface area (Å²) in [4.78, 5) is 7.44. The van der Waals surface area contributed by atoms with Crippen molar-refractivity contribution in [1.29, 1.82) is 0 Å². The molecule has 0 bridgehead atoms. The van der Waals surface area contributed by atoms with E-state index in [9.17, 15) is 0 Å². The number of hydrogen-bond acceptors (Lipinski definition) is 3. The standard InChI is InChI=1S/C11H19N3S/c1-8-12-6-10(14-8)7-13-9-3-4-11(5-9)15-2/h6,9,11,13H,3-5,7H2,1-2H3,(H,12,14). The molecule has 4 heteroatoms. The Morgan fingerprint density at radius 1 is 1.60 bits per heavy atom. The molecule has 0 aliphatic heterocycles. The van der Waals surface area contributed by atoms with E-state index in [-0.39, 0.29) is 0 Å². The second-order valence-electron chi connectivity index (χ2n) is 4.24. The van der Waals surface area contributed by atoms with Crippen LogP contribution in [0.25, 0.3) is 0 Å². The Kier molecular flexibility index (Phi) is 3.70. The molecule has 1 heterocycles. The molecule has 1 aromatic rings. The molecule has 0 aromatic carbocycles. The quantitative estimate of drug-likeness (QED) is 0.824. The van der Waals surface area contributed by atoms with Crippen LogP contribution in [-0.2, 0) is 6.54 Å². The summed E-state index contributed by atoms with van der Waals surface area (Å²) in [6.45, 7) is 2.91. The number of nitrogens with one attached hydrogen (secondary N) is 2. The minimum absolute atomic E-state index is 0.700. The van der Waals surface area contributed by atoms with E-state index < -0.39 is 0 Å². The van der Waals surface area contributed by atoms with Gasteiger partial charge in [-0.3, -0.25) is 0 Å². The zero-order chi connectivity index (χ0) is 10.7. The number of nitrogens with zero attached hydrogens (tertiary/aromatic N) is 1. The fourth-order valence-corrected chi connectivity index (χ4v) is 2.95. The number of thioether (sulfide) groups is 1.